The summed E-state index contributed by atoms with van der Waals surface area (Å²) in [5.41, 5.74) is -4.18. The van der Waals surface area contributed by atoms with E-state index >= 15 is 0 Å². The van der Waals surface area contributed by atoms with Crippen LogP contribution < -0.4 is 0 Å². The Morgan fingerprint density at radius 1 is 0.648 bits per heavy atom. The minimum Gasteiger partial charge on any atom is -0.505 e. The molecular formula is C31H29F18N3OS. The number of fused-ring (bicyclic) bond motifs is 1. The Morgan fingerprint density at radius 3 is 1.50 bits per heavy atom. The fraction of sp³-hybridized carbons (Fsp3) is 0.613. The zero-order chi connectivity index (χ0) is 42.1. The number of rotatable bonds is 14. The molecule has 3 rings (SSSR count). The van der Waals surface area contributed by atoms with Crippen molar-refractivity contribution in [1.82, 2.24) is 15.0 Å². The van der Waals surface area contributed by atoms with E-state index < -0.39 is 88.2 Å². The lowest BCUT2D eigenvalue weighted by Crippen LogP contribution is -2.74. The van der Waals surface area contributed by atoms with E-state index in [0.717, 1.165) is 4.80 Å². The number of aromatic hydroxyl groups is 1. The van der Waals surface area contributed by atoms with Crippen molar-refractivity contribution in [3.8, 4) is 11.4 Å². The Labute approximate surface area is 298 Å². The van der Waals surface area contributed by atoms with Crippen molar-refractivity contribution in [1.29, 1.82) is 0 Å². The first-order valence-corrected chi connectivity index (χ1v) is 16.1. The van der Waals surface area contributed by atoms with E-state index in [1.807, 2.05) is 20.8 Å². The topological polar surface area (TPSA) is 50.9 Å². The molecule has 0 fully saturated rings. The van der Waals surface area contributed by atoms with Gasteiger partial charge in [-0.25, -0.2) is 4.39 Å². The fourth-order valence-corrected chi connectivity index (χ4v) is 6.40. The maximum absolute atomic E-state index is 14.9. The molecule has 1 unspecified atom stereocenters. The molecule has 0 saturated heterocycles. The highest BCUT2D eigenvalue weighted by Gasteiger charge is 2.95. The van der Waals surface area contributed by atoms with Crippen LogP contribution in [0.3, 0.4) is 0 Å². The molecule has 2 aromatic carbocycles. The molecule has 54 heavy (non-hydrogen) atoms. The van der Waals surface area contributed by atoms with E-state index in [-0.39, 0.29) is 16.7 Å². The third kappa shape index (κ3) is 7.62. The van der Waals surface area contributed by atoms with Gasteiger partial charge in [-0.15, -0.1) is 26.8 Å². The molecule has 23 heteroatoms. The van der Waals surface area contributed by atoms with E-state index in [4.69, 9.17) is 0 Å². The number of aromatic nitrogens is 3. The molecule has 1 N–H and O–H groups in total. The van der Waals surface area contributed by atoms with E-state index in [1.165, 1.54) is 24.3 Å². The van der Waals surface area contributed by atoms with Gasteiger partial charge in [0.15, 0.2) is 5.50 Å². The second-order valence-electron chi connectivity index (χ2n) is 14.2. The summed E-state index contributed by atoms with van der Waals surface area (Å²) < 4.78 is 247. The van der Waals surface area contributed by atoms with Crippen molar-refractivity contribution in [3.63, 3.8) is 0 Å². The van der Waals surface area contributed by atoms with Gasteiger partial charge in [-0.2, -0.15) is 74.6 Å². The van der Waals surface area contributed by atoms with Gasteiger partial charge in [-0.1, -0.05) is 52.8 Å². The minimum atomic E-state index is -8.78. The van der Waals surface area contributed by atoms with Crippen molar-refractivity contribution in [2.24, 2.45) is 5.41 Å². The van der Waals surface area contributed by atoms with Crippen LogP contribution in [0.4, 0.5) is 79.0 Å². The van der Waals surface area contributed by atoms with Crippen molar-refractivity contribution in [2.45, 2.75) is 112 Å². The zero-order valence-corrected chi connectivity index (χ0v) is 29.0. The van der Waals surface area contributed by atoms with Gasteiger partial charge in [0.1, 0.15) is 22.5 Å². The van der Waals surface area contributed by atoms with Crippen LogP contribution >= 0.6 is 11.8 Å². The van der Waals surface area contributed by atoms with Gasteiger partial charge in [0.05, 0.1) is 6.42 Å². The van der Waals surface area contributed by atoms with Crippen LogP contribution in [-0.2, 0) is 11.2 Å². The second-order valence-corrected chi connectivity index (χ2v) is 15.3. The third-order valence-electron chi connectivity index (χ3n) is 8.05. The Bertz CT molecular complexity index is 1780. The van der Waals surface area contributed by atoms with Crippen LogP contribution in [0.25, 0.3) is 16.7 Å². The number of thioether (sulfide) groups is 1. The first-order chi connectivity index (χ1) is 23.9. The number of phenolic OH excluding ortho intramolecular Hbond substituents is 1. The molecule has 0 amide bonds. The minimum absolute atomic E-state index is 0.177. The van der Waals surface area contributed by atoms with E-state index in [0.29, 0.717) is 23.0 Å². The van der Waals surface area contributed by atoms with Gasteiger partial charge in [-0.3, -0.25) is 0 Å². The number of alkyl halides is 18. The molecule has 0 bridgehead atoms. The lowest BCUT2D eigenvalue weighted by molar-refractivity contribution is -0.461. The molecule has 1 heterocycles. The number of hydrogen-bond acceptors (Lipinski definition) is 4. The highest BCUT2D eigenvalue weighted by molar-refractivity contribution is 7.99. The highest BCUT2D eigenvalue weighted by atomic mass is 32.2. The van der Waals surface area contributed by atoms with Gasteiger partial charge >= 0.3 is 47.6 Å². The van der Waals surface area contributed by atoms with Gasteiger partial charge in [-0.05, 0) is 41.0 Å². The van der Waals surface area contributed by atoms with Crippen LogP contribution in [0.1, 0.15) is 58.6 Å². The maximum atomic E-state index is 14.9. The number of nitrogens with zero attached hydrogens (tertiary/aromatic N) is 3. The Hall–Kier alpha value is -3.27. The van der Waals surface area contributed by atoms with E-state index in [2.05, 4.69) is 10.2 Å². The van der Waals surface area contributed by atoms with Crippen molar-refractivity contribution in [2.75, 3.05) is 0 Å². The summed E-state index contributed by atoms with van der Waals surface area (Å²) in [6.45, 7) is 9.06. The molecule has 3 aromatic rings. The normalized spacial score (nSPS) is 15.6. The lowest BCUT2D eigenvalue weighted by Gasteiger charge is -2.42. The largest absolute Gasteiger partial charge is 0.505 e. The molecule has 0 radical (unpaired) electrons. The zero-order valence-electron chi connectivity index (χ0n) is 28.2. The lowest BCUT2D eigenvalue weighted by atomic mass is 9.72. The predicted octanol–water partition coefficient (Wildman–Crippen LogP) is 11.8. The predicted molar refractivity (Wildman–Crippen MR) is 159 cm³/mol. The summed E-state index contributed by atoms with van der Waals surface area (Å²) in [6, 6.07) is 8.91. The molecule has 0 aliphatic rings. The molecule has 0 aliphatic carbocycles. The van der Waals surface area contributed by atoms with Crippen molar-refractivity contribution < 1.29 is 84.1 Å². The molecule has 306 valence electrons. The fourth-order valence-electron chi connectivity index (χ4n) is 5.49. The van der Waals surface area contributed by atoms with Crippen LogP contribution in [0.5, 0.6) is 5.75 Å². The summed E-state index contributed by atoms with van der Waals surface area (Å²) in [4.78, 5) is 0.943. The van der Waals surface area contributed by atoms with Crippen LogP contribution in [-0.4, -0.2) is 73.2 Å². The molecule has 1 atom stereocenters. The molecular weight excluding hydrogens is 804 g/mol. The number of benzene rings is 2. The molecule has 0 saturated carbocycles. The first-order valence-electron chi connectivity index (χ1n) is 15.1. The SMILES string of the molecule is CC(C)(C)CC(C)(C)c1cc(CSC(F)CC(F)(F)C(F)(F)C(F)(F)C(F)(F)C(F)(F)C(F)(F)C(F)(F)C(F)(F)F)c(O)c(-n2nc3ccccc3n2)c1. The molecule has 0 spiro atoms. The molecule has 1 aromatic heterocycles. The van der Waals surface area contributed by atoms with Crippen molar-refractivity contribution in [3.05, 3.63) is 47.5 Å². The summed E-state index contributed by atoms with van der Waals surface area (Å²) in [5, 5.41) is 19.5. The standard InChI is InChI=1S/C31H29F18N3OS/c1-22(2,3)14-23(4,5)16-10-15(21(53)19(11-16)52-50-17-8-6-7-9-18(17)51-52)13-54-20(32)12-24(33,34)25(35,36)26(37,38)27(39,40)28(41,42)29(43,44)30(45,46)31(47,48)49/h6-11,20,53H,12-14H2,1-5H3. The van der Waals surface area contributed by atoms with Gasteiger partial charge in [0.2, 0.25) is 0 Å². The number of hydrogen-bond donors (Lipinski definition) is 1. The summed E-state index contributed by atoms with van der Waals surface area (Å²) in [7, 11) is 0. The van der Waals surface area contributed by atoms with Gasteiger partial charge in [0.25, 0.3) is 0 Å². The highest BCUT2D eigenvalue weighted by Crippen LogP contribution is 2.64. The Kier molecular flexibility index (Phi) is 11.5. The summed E-state index contributed by atoms with van der Waals surface area (Å²) >= 11 is -0.453. The quantitative estimate of drug-likeness (QED) is 0.164. The molecule has 4 nitrogen and oxygen atoms in total. The Morgan fingerprint density at radius 2 is 1.07 bits per heavy atom. The average molecular weight is 834 g/mol. The van der Waals surface area contributed by atoms with Crippen LogP contribution in [0, 0.1) is 5.41 Å². The molecule has 0 aliphatic heterocycles. The number of phenols is 1. The van der Waals surface area contributed by atoms with Gasteiger partial charge < -0.3 is 5.11 Å². The van der Waals surface area contributed by atoms with Crippen LogP contribution in [0.2, 0.25) is 0 Å². The Balaban J connectivity index is 1.98. The summed E-state index contributed by atoms with van der Waals surface area (Å²) in [6.07, 6.45) is -10.7. The van der Waals surface area contributed by atoms with Crippen LogP contribution in [0.15, 0.2) is 36.4 Å². The van der Waals surface area contributed by atoms with E-state index in [1.54, 1.807) is 26.0 Å². The smallest absolute Gasteiger partial charge is 0.460 e. The average Bonchev–Trinajstić information content (AvgIpc) is 3.42. The third-order valence-corrected chi connectivity index (χ3v) is 9.05. The summed E-state index contributed by atoms with van der Waals surface area (Å²) in [5.74, 6) is -59.6. The second kappa shape index (κ2) is 13.7. The maximum Gasteiger partial charge on any atom is 0.460 e. The van der Waals surface area contributed by atoms with E-state index in [9.17, 15) is 84.1 Å². The van der Waals surface area contributed by atoms with Crippen molar-refractivity contribution >= 4 is 22.8 Å². The van der Waals surface area contributed by atoms with Gasteiger partial charge in [0, 0.05) is 11.3 Å². The first kappa shape index (κ1) is 45.1. The monoisotopic (exact) mass is 833 g/mol. The number of halogens is 18.